The van der Waals surface area contributed by atoms with Crippen LogP contribution >= 0.6 is 15.9 Å². The highest BCUT2D eigenvalue weighted by molar-refractivity contribution is 9.10. The first-order valence-corrected chi connectivity index (χ1v) is 6.27. The zero-order valence-corrected chi connectivity index (χ0v) is 11.5. The van der Waals surface area contributed by atoms with E-state index >= 15 is 0 Å². The van der Waals surface area contributed by atoms with Crippen LogP contribution in [0.2, 0.25) is 0 Å². The first kappa shape index (κ1) is 13.0. The molecule has 0 saturated carbocycles. The van der Waals surface area contributed by atoms with Gasteiger partial charge in [0.15, 0.2) is 0 Å². The lowest BCUT2D eigenvalue weighted by molar-refractivity contribution is 0.171. The molecule has 4 nitrogen and oxygen atoms in total. The van der Waals surface area contributed by atoms with Gasteiger partial charge in [-0.3, -0.25) is 4.98 Å². The Morgan fingerprint density at radius 3 is 2.83 bits per heavy atom. The van der Waals surface area contributed by atoms with Gasteiger partial charge in [-0.15, -0.1) is 0 Å². The average molecular weight is 309 g/mol. The molecule has 2 heterocycles. The summed E-state index contributed by atoms with van der Waals surface area (Å²) in [6, 6.07) is 7.34. The predicted molar refractivity (Wildman–Crippen MR) is 71.4 cm³/mol. The molecule has 2 aromatic heterocycles. The third-order valence-corrected chi connectivity index (χ3v) is 3.01. The number of ether oxygens (including phenoxy) is 1. The number of nitrogens with zero attached hydrogens (tertiary/aromatic N) is 2. The Kier molecular flexibility index (Phi) is 4.28. The normalized spacial score (nSPS) is 12.2. The minimum absolute atomic E-state index is 0.426. The number of pyridine rings is 2. The van der Waals surface area contributed by atoms with E-state index in [0.717, 1.165) is 10.2 Å². The number of aliphatic hydroxyl groups excluding tert-OH is 1. The monoisotopic (exact) mass is 308 g/mol. The van der Waals surface area contributed by atoms with Crippen LogP contribution in [0.15, 0.2) is 41.1 Å². The van der Waals surface area contributed by atoms with Gasteiger partial charge in [0.2, 0.25) is 5.88 Å². The fourth-order valence-electron chi connectivity index (χ4n) is 1.66. The van der Waals surface area contributed by atoms with Crippen molar-refractivity contribution in [3.63, 3.8) is 0 Å². The second-order valence-corrected chi connectivity index (χ2v) is 4.71. The molecule has 0 spiro atoms. The van der Waals surface area contributed by atoms with Crippen LogP contribution in [-0.2, 0) is 6.42 Å². The van der Waals surface area contributed by atoms with Gasteiger partial charge < -0.3 is 9.84 Å². The van der Waals surface area contributed by atoms with E-state index in [0.29, 0.717) is 17.9 Å². The van der Waals surface area contributed by atoms with E-state index in [2.05, 4.69) is 25.9 Å². The minimum Gasteiger partial charge on any atom is -0.481 e. The summed E-state index contributed by atoms with van der Waals surface area (Å²) < 4.78 is 6.04. The van der Waals surface area contributed by atoms with Crippen LogP contribution in [-0.4, -0.2) is 22.2 Å². The van der Waals surface area contributed by atoms with Gasteiger partial charge in [-0.05, 0) is 40.2 Å². The number of halogens is 1. The summed E-state index contributed by atoms with van der Waals surface area (Å²) in [6.45, 7) is 0. The van der Waals surface area contributed by atoms with Crippen LogP contribution in [0.3, 0.4) is 0 Å². The van der Waals surface area contributed by atoms with Crippen molar-refractivity contribution in [2.24, 2.45) is 0 Å². The van der Waals surface area contributed by atoms with Gasteiger partial charge in [0.25, 0.3) is 0 Å². The van der Waals surface area contributed by atoms with Gasteiger partial charge in [0.05, 0.1) is 13.2 Å². The Bertz CT molecular complexity index is 517. The molecule has 0 amide bonds. The molecule has 5 heteroatoms. The molecule has 0 aliphatic heterocycles. The van der Waals surface area contributed by atoms with Crippen LogP contribution in [0.1, 0.15) is 17.4 Å². The number of hydrogen-bond donors (Lipinski definition) is 1. The maximum absolute atomic E-state index is 10.2. The molecule has 2 rings (SSSR count). The number of methoxy groups -OCH3 is 1. The number of rotatable bonds is 4. The summed E-state index contributed by atoms with van der Waals surface area (Å²) in [5, 5.41) is 10.2. The Hall–Kier alpha value is -1.46. The Balaban J connectivity index is 2.16. The quantitative estimate of drug-likeness (QED) is 0.943. The van der Waals surface area contributed by atoms with Gasteiger partial charge in [0, 0.05) is 34.5 Å². The topological polar surface area (TPSA) is 55.2 Å². The van der Waals surface area contributed by atoms with Crippen molar-refractivity contribution in [1.29, 1.82) is 0 Å². The number of aromatic nitrogens is 2. The van der Waals surface area contributed by atoms with Crippen LogP contribution < -0.4 is 4.74 Å². The standard InChI is InChI=1S/C13H13BrN2O2/c1-18-13-11(3-2-6-15-13)12(17)7-10-5-4-9(14)8-16-10/h2-6,8,12,17H,7H2,1H3. The van der Waals surface area contributed by atoms with Gasteiger partial charge >= 0.3 is 0 Å². The van der Waals surface area contributed by atoms with Crippen molar-refractivity contribution in [3.8, 4) is 5.88 Å². The number of hydrogen-bond acceptors (Lipinski definition) is 4. The molecule has 0 aromatic carbocycles. The van der Waals surface area contributed by atoms with E-state index in [1.165, 1.54) is 7.11 Å². The van der Waals surface area contributed by atoms with Crippen molar-refractivity contribution in [3.05, 3.63) is 52.4 Å². The molecule has 1 N–H and O–H groups in total. The van der Waals surface area contributed by atoms with E-state index in [-0.39, 0.29) is 0 Å². The van der Waals surface area contributed by atoms with Crippen molar-refractivity contribution in [1.82, 2.24) is 9.97 Å². The SMILES string of the molecule is COc1ncccc1C(O)Cc1ccc(Br)cn1. The summed E-state index contributed by atoms with van der Waals surface area (Å²) in [6.07, 6.45) is 3.09. The predicted octanol–water partition coefficient (Wildman–Crippen LogP) is 2.52. The summed E-state index contributed by atoms with van der Waals surface area (Å²) in [7, 11) is 1.54. The first-order valence-electron chi connectivity index (χ1n) is 5.48. The van der Waals surface area contributed by atoms with E-state index in [1.807, 2.05) is 12.1 Å². The van der Waals surface area contributed by atoms with Crippen molar-refractivity contribution >= 4 is 15.9 Å². The summed E-state index contributed by atoms with van der Waals surface area (Å²) in [5.74, 6) is 0.446. The van der Waals surface area contributed by atoms with Crippen molar-refractivity contribution in [2.45, 2.75) is 12.5 Å². The van der Waals surface area contributed by atoms with Crippen molar-refractivity contribution in [2.75, 3.05) is 7.11 Å². The number of aliphatic hydroxyl groups is 1. The van der Waals surface area contributed by atoms with Crippen LogP contribution in [0.4, 0.5) is 0 Å². The zero-order chi connectivity index (χ0) is 13.0. The van der Waals surface area contributed by atoms with Crippen LogP contribution in [0.25, 0.3) is 0 Å². The second-order valence-electron chi connectivity index (χ2n) is 3.79. The largest absolute Gasteiger partial charge is 0.481 e. The molecule has 2 aromatic rings. The van der Waals surface area contributed by atoms with E-state index in [1.54, 1.807) is 24.5 Å². The molecule has 0 aliphatic rings. The van der Waals surface area contributed by atoms with Crippen LogP contribution in [0.5, 0.6) is 5.88 Å². The fraction of sp³-hybridized carbons (Fsp3) is 0.231. The van der Waals surface area contributed by atoms with Crippen molar-refractivity contribution < 1.29 is 9.84 Å². The highest BCUT2D eigenvalue weighted by Crippen LogP contribution is 2.24. The van der Waals surface area contributed by atoms with Gasteiger partial charge in [0.1, 0.15) is 0 Å². The van der Waals surface area contributed by atoms with E-state index in [9.17, 15) is 5.11 Å². The van der Waals surface area contributed by atoms with Gasteiger partial charge in [-0.1, -0.05) is 0 Å². The summed E-state index contributed by atoms with van der Waals surface area (Å²) >= 11 is 3.32. The molecule has 1 unspecified atom stereocenters. The fourth-order valence-corrected chi connectivity index (χ4v) is 1.90. The molecule has 94 valence electrons. The molecular weight excluding hydrogens is 296 g/mol. The van der Waals surface area contributed by atoms with Gasteiger partial charge in [-0.25, -0.2) is 4.98 Å². The lowest BCUT2D eigenvalue weighted by atomic mass is 10.1. The maximum Gasteiger partial charge on any atom is 0.218 e. The third-order valence-electron chi connectivity index (χ3n) is 2.54. The molecule has 0 radical (unpaired) electrons. The Morgan fingerprint density at radius 1 is 1.33 bits per heavy atom. The molecule has 0 bridgehead atoms. The third kappa shape index (κ3) is 3.05. The average Bonchev–Trinajstić information content (AvgIpc) is 2.41. The molecule has 0 saturated heterocycles. The van der Waals surface area contributed by atoms with E-state index in [4.69, 9.17) is 4.74 Å². The molecular formula is C13H13BrN2O2. The van der Waals surface area contributed by atoms with E-state index < -0.39 is 6.10 Å². The lowest BCUT2D eigenvalue weighted by Crippen LogP contribution is -2.06. The lowest BCUT2D eigenvalue weighted by Gasteiger charge is -2.13. The zero-order valence-electron chi connectivity index (χ0n) is 9.88. The van der Waals surface area contributed by atoms with Gasteiger partial charge in [-0.2, -0.15) is 0 Å². The molecule has 18 heavy (non-hydrogen) atoms. The molecule has 0 aliphatic carbocycles. The summed E-state index contributed by atoms with van der Waals surface area (Å²) in [5.41, 5.74) is 1.49. The Morgan fingerprint density at radius 2 is 2.17 bits per heavy atom. The first-order chi connectivity index (χ1) is 8.70. The second kappa shape index (κ2) is 5.93. The smallest absolute Gasteiger partial charge is 0.218 e. The molecule has 1 atom stereocenters. The Labute approximate surface area is 114 Å². The van der Waals surface area contributed by atoms with Crippen LogP contribution in [0, 0.1) is 0 Å². The summed E-state index contributed by atoms with van der Waals surface area (Å²) in [4.78, 5) is 8.30. The minimum atomic E-state index is -0.678. The molecule has 0 fully saturated rings. The maximum atomic E-state index is 10.2. The highest BCUT2D eigenvalue weighted by atomic mass is 79.9. The highest BCUT2D eigenvalue weighted by Gasteiger charge is 2.14.